The topological polar surface area (TPSA) is 113 Å². The van der Waals surface area contributed by atoms with Gasteiger partial charge in [-0.05, 0) is 32.9 Å². The van der Waals surface area contributed by atoms with Crippen LogP contribution >= 0.6 is 0 Å². The lowest BCUT2D eigenvalue weighted by atomic mass is 10.2. The van der Waals surface area contributed by atoms with Crippen molar-refractivity contribution >= 4 is 21.8 Å². The molecule has 0 fully saturated rings. The summed E-state index contributed by atoms with van der Waals surface area (Å²) in [5.41, 5.74) is 0.384. The van der Waals surface area contributed by atoms with Crippen LogP contribution in [0.15, 0.2) is 29.2 Å². The summed E-state index contributed by atoms with van der Waals surface area (Å²) in [6, 6.07) is 5.88. The largest absolute Gasteiger partial charge is 0.446 e. The number of hydrogen-bond acceptors (Lipinski definition) is 6. The maximum Gasteiger partial charge on any atom is 0.325 e. The third-order valence-corrected chi connectivity index (χ3v) is 4.29. The first-order valence-electron chi connectivity index (χ1n) is 6.41. The molecule has 0 aliphatic heterocycles. The first-order valence-corrected chi connectivity index (χ1v) is 7.89. The molecule has 0 aromatic heterocycles. The zero-order valence-electron chi connectivity index (χ0n) is 12.4. The van der Waals surface area contributed by atoms with E-state index in [0.717, 1.165) is 0 Å². The van der Waals surface area contributed by atoms with Gasteiger partial charge >= 0.3 is 5.97 Å². The maximum absolute atomic E-state index is 12.1. The Hall–Kier alpha value is -2.24. The summed E-state index contributed by atoms with van der Waals surface area (Å²) in [5, 5.41) is 8.55. The first kappa shape index (κ1) is 17.8. The Bertz CT molecular complexity index is 704. The van der Waals surface area contributed by atoms with E-state index in [2.05, 4.69) is 4.72 Å². The number of nitrogens with zero attached hydrogens (tertiary/aromatic N) is 1. The molecule has 0 amide bonds. The highest BCUT2D eigenvalue weighted by atomic mass is 32.2. The van der Waals surface area contributed by atoms with Gasteiger partial charge in [0.1, 0.15) is 12.1 Å². The molecule has 1 rings (SSSR count). The van der Waals surface area contributed by atoms with Gasteiger partial charge in [-0.15, -0.1) is 0 Å². The molecular formula is C14H16N2O5S. The number of rotatable bonds is 6. The number of hydrogen-bond donors (Lipinski definition) is 1. The summed E-state index contributed by atoms with van der Waals surface area (Å²) in [5.74, 6) is -1.03. The molecule has 1 N–H and O–H groups in total. The molecule has 0 saturated heterocycles. The van der Waals surface area contributed by atoms with E-state index in [0.29, 0.717) is 5.56 Å². The number of carbonyl (C=O) groups excluding carboxylic acids is 2. The van der Waals surface area contributed by atoms with Crippen molar-refractivity contribution < 1.29 is 22.7 Å². The number of nitrogens with one attached hydrogen (secondary N) is 1. The highest BCUT2D eigenvalue weighted by molar-refractivity contribution is 7.89. The Balaban J connectivity index is 2.85. The Labute approximate surface area is 128 Å². The van der Waals surface area contributed by atoms with Crippen LogP contribution in [0.25, 0.3) is 0 Å². The fraction of sp³-hybridized carbons (Fsp3) is 0.357. The molecule has 2 atom stereocenters. The minimum atomic E-state index is -3.93. The van der Waals surface area contributed by atoms with E-state index in [-0.39, 0.29) is 10.7 Å². The molecule has 0 heterocycles. The van der Waals surface area contributed by atoms with Crippen LogP contribution in [0.4, 0.5) is 0 Å². The van der Waals surface area contributed by atoms with Gasteiger partial charge in [0.2, 0.25) is 10.0 Å². The molecule has 1 aromatic rings. The standard InChI is InChI=1S/C14H16N2O5S/c1-9(8-15)21-14(18)10(2)16-22(19,20)13-6-4-12(5-7-13)11(3)17/h4-7,9-10,16H,1-3H3/t9-,10-/m0/s1. The average Bonchev–Trinajstić information content (AvgIpc) is 2.46. The van der Waals surface area contributed by atoms with Crippen LogP contribution in [-0.4, -0.2) is 32.3 Å². The smallest absolute Gasteiger partial charge is 0.325 e. The van der Waals surface area contributed by atoms with Crippen molar-refractivity contribution in [2.24, 2.45) is 0 Å². The van der Waals surface area contributed by atoms with Crippen LogP contribution in [0.5, 0.6) is 0 Å². The third-order valence-electron chi connectivity index (χ3n) is 2.73. The molecule has 0 radical (unpaired) electrons. The van der Waals surface area contributed by atoms with E-state index in [1.807, 2.05) is 0 Å². The second kappa shape index (κ2) is 7.15. The summed E-state index contributed by atoms with van der Waals surface area (Å²) in [4.78, 5) is 22.7. The quantitative estimate of drug-likeness (QED) is 0.617. The van der Waals surface area contributed by atoms with Gasteiger partial charge in [-0.2, -0.15) is 9.98 Å². The number of sulfonamides is 1. The monoisotopic (exact) mass is 324 g/mol. The minimum absolute atomic E-state index is 0.0783. The van der Waals surface area contributed by atoms with Gasteiger partial charge in [0.15, 0.2) is 11.9 Å². The van der Waals surface area contributed by atoms with Crippen LogP contribution in [0.1, 0.15) is 31.1 Å². The van der Waals surface area contributed by atoms with E-state index in [1.54, 1.807) is 6.07 Å². The molecule has 7 nitrogen and oxygen atoms in total. The fourth-order valence-corrected chi connectivity index (χ4v) is 2.71. The van der Waals surface area contributed by atoms with E-state index < -0.39 is 28.1 Å². The summed E-state index contributed by atoms with van der Waals surface area (Å²) in [7, 11) is -3.93. The Kier molecular flexibility index (Phi) is 5.79. The maximum atomic E-state index is 12.1. The number of ether oxygens (including phenoxy) is 1. The predicted octanol–water partition coefficient (Wildman–Crippen LogP) is 1.01. The zero-order chi connectivity index (χ0) is 16.9. The minimum Gasteiger partial charge on any atom is -0.446 e. The summed E-state index contributed by atoms with van der Waals surface area (Å²) in [6.45, 7) is 4.06. The van der Waals surface area contributed by atoms with Crippen molar-refractivity contribution in [3.05, 3.63) is 29.8 Å². The Morgan fingerprint density at radius 3 is 2.23 bits per heavy atom. The van der Waals surface area contributed by atoms with Crippen LogP contribution < -0.4 is 4.72 Å². The third kappa shape index (κ3) is 4.65. The first-order chi connectivity index (χ1) is 10.2. The van der Waals surface area contributed by atoms with E-state index in [9.17, 15) is 18.0 Å². The average molecular weight is 324 g/mol. The molecule has 1 aromatic carbocycles. The molecule has 8 heteroatoms. The summed E-state index contributed by atoms with van der Waals surface area (Å²) in [6.07, 6.45) is -0.964. The van der Waals surface area contributed by atoms with E-state index >= 15 is 0 Å². The SMILES string of the molecule is CC(=O)c1ccc(S(=O)(=O)N[C@@H](C)C(=O)O[C@@H](C)C#N)cc1. The highest BCUT2D eigenvalue weighted by Crippen LogP contribution is 2.12. The zero-order valence-corrected chi connectivity index (χ0v) is 13.2. The number of Topliss-reactive ketones (excluding diaryl/α,β-unsaturated/α-hetero) is 1. The van der Waals surface area contributed by atoms with Gasteiger partial charge in [-0.1, -0.05) is 12.1 Å². The molecule has 0 aliphatic rings. The highest BCUT2D eigenvalue weighted by Gasteiger charge is 2.24. The Morgan fingerprint density at radius 1 is 1.23 bits per heavy atom. The normalized spacial score (nSPS) is 13.7. The number of nitriles is 1. The van der Waals surface area contributed by atoms with Crippen molar-refractivity contribution in [1.82, 2.24) is 4.72 Å². The molecule has 0 unspecified atom stereocenters. The van der Waals surface area contributed by atoms with Crippen molar-refractivity contribution in [3.63, 3.8) is 0 Å². The number of carbonyl (C=O) groups is 2. The Morgan fingerprint density at radius 2 is 1.77 bits per heavy atom. The second-order valence-corrected chi connectivity index (χ2v) is 6.35. The molecule has 22 heavy (non-hydrogen) atoms. The van der Waals surface area contributed by atoms with Gasteiger partial charge in [0.05, 0.1) is 4.90 Å². The van der Waals surface area contributed by atoms with Crippen LogP contribution in [0.2, 0.25) is 0 Å². The number of ketones is 1. The van der Waals surface area contributed by atoms with Gasteiger partial charge in [0.25, 0.3) is 0 Å². The molecule has 0 bridgehead atoms. The van der Waals surface area contributed by atoms with Crippen molar-refractivity contribution in [2.75, 3.05) is 0 Å². The van der Waals surface area contributed by atoms with Gasteiger partial charge in [-0.3, -0.25) is 9.59 Å². The van der Waals surface area contributed by atoms with Crippen molar-refractivity contribution in [1.29, 1.82) is 5.26 Å². The van der Waals surface area contributed by atoms with Gasteiger partial charge in [-0.25, -0.2) is 8.42 Å². The number of benzene rings is 1. The second-order valence-electron chi connectivity index (χ2n) is 4.63. The van der Waals surface area contributed by atoms with Crippen LogP contribution in [-0.2, 0) is 19.6 Å². The lowest BCUT2D eigenvalue weighted by molar-refractivity contribution is -0.147. The van der Waals surface area contributed by atoms with E-state index in [4.69, 9.17) is 10.00 Å². The van der Waals surface area contributed by atoms with E-state index in [1.165, 1.54) is 45.0 Å². The molecule has 118 valence electrons. The van der Waals surface area contributed by atoms with Gasteiger partial charge in [0, 0.05) is 5.56 Å². The van der Waals surface area contributed by atoms with Crippen molar-refractivity contribution in [2.45, 2.75) is 37.8 Å². The van der Waals surface area contributed by atoms with Crippen LogP contribution in [0, 0.1) is 11.3 Å². The summed E-state index contributed by atoms with van der Waals surface area (Å²) >= 11 is 0. The molecule has 0 aliphatic carbocycles. The fourth-order valence-electron chi connectivity index (χ4n) is 1.52. The van der Waals surface area contributed by atoms with Crippen LogP contribution in [0.3, 0.4) is 0 Å². The molecule has 0 spiro atoms. The molecular weight excluding hydrogens is 308 g/mol. The predicted molar refractivity (Wildman–Crippen MR) is 77.4 cm³/mol. The van der Waals surface area contributed by atoms with Gasteiger partial charge < -0.3 is 4.74 Å². The lowest BCUT2D eigenvalue weighted by Crippen LogP contribution is -2.40. The summed E-state index contributed by atoms with van der Waals surface area (Å²) < 4.78 is 31.1. The number of esters is 1. The molecule has 0 saturated carbocycles. The lowest BCUT2D eigenvalue weighted by Gasteiger charge is -2.14. The van der Waals surface area contributed by atoms with Crippen molar-refractivity contribution in [3.8, 4) is 6.07 Å².